The van der Waals surface area contributed by atoms with Crippen LogP contribution in [0.5, 0.6) is 0 Å². The summed E-state index contributed by atoms with van der Waals surface area (Å²) in [5.41, 5.74) is 0. The summed E-state index contributed by atoms with van der Waals surface area (Å²) in [6, 6.07) is 0. The average Bonchev–Trinajstić information content (AvgIpc) is 2.54. The molecule has 0 N–H and O–H groups in total. The SMILES string of the molecule is CCOC(=O)[N+]1(CC)CCCC1. The Balaban J connectivity index is 2.59. The zero-order chi connectivity index (χ0) is 9.03. The second kappa shape index (κ2) is 3.90. The van der Waals surface area contributed by atoms with Gasteiger partial charge in [0.2, 0.25) is 0 Å². The average molecular weight is 172 g/mol. The third-order valence-corrected chi connectivity index (χ3v) is 2.68. The Kier molecular flexibility index (Phi) is 3.09. The standard InChI is InChI=1S/C9H18NO2/c1-3-10(7-5-6-8-10)9(11)12-4-2/h3-8H2,1-2H3/q+1. The van der Waals surface area contributed by atoms with E-state index in [1.807, 2.05) is 6.92 Å². The van der Waals surface area contributed by atoms with Crippen LogP contribution in [-0.2, 0) is 4.74 Å². The molecule has 3 nitrogen and oxygen atoms in total. The highest BCUT2D eigenvalue weighted by Gasteiger charge is 2.39. The van der Waals surface area contributed by atoms with Crippen LogP contribution in [0.4, 0.5) is 4.79 Å². The summed E-state index contributed by atoms with van der Waals surface area (Å²) in [7, 11) is 0. The lowest BCUT2D eigenvalue weighted by molar-refractivity contribution is -0.843. The molecule has 0 aromatic rings. The van der Waals surface area contributed by atoms with Gasteiger partial charge in [-0.2, -0.15) is 4.79 Å². The minimum Gasteiger partial charge on any atom is -0.420 e. The zero-order valence-corrected chi connectivity index (χ0v) is 8.01. The highest BCUT2D eigenvalue weighted by atomic mass is 16.6. The van der Waals surface area contributed by atoms with E-state index in [1.54, 1.807) is 0 Å². The summed E-state index contributed by atoms with van der Waals surface area (Å²) >= 11 is 0. The number of ether oxygens (including phenoxy) is 1. The van der Waals surface area contributed by atoms with Crippen molar-refractivity contribution in [3.63, 3.8) is 0 Å². The first-order chi connectivity index (χ1) is 5.75. The number of quaternary nitrogens is 1. The molecule has 0 atom stereocenters. The van der Waals surface area contributed by atoms with Crippen molar-refractivity contribution in [2.45, 2.75) is 26.7 Å². The lowest BCUT2D eigenvalue weighted by Crippen LogP contribution is -2.50. The van der Waals surface area contributed by atoms with Crippen molar-refractivity contribution in [1.29, 1.82) is 0 Å². The molecule has 0 aromatic heterocycles. The topological polar surface area (TPSA) is 26.3 Å². The van der Waals surface area contributed by atoms with E-state index in [0.29, 0.717) is 11.1 Å². The summed E-state index contributed by atoms with van der Waals surface area (Å²) in [6.07, 6.45) is 2.29. The molecule has 0 aliphatic carbocycles. The number of nitrogens with zero attached hydrogens (tertiary/aromatic N) is 1. The van der Waals surface area contributed by atoms with Gasteiger partial charge in [0.05, 0.1) is 26.2 Å². The van der Waals surface area contributed by atoms with Gasteiger partial charge in [-0.25, -0.2) is 4.48 Å². The Labute approximate surface area is 73.9 Å². The highest BCUT2D eigenvalue weighted by molar-refractivity contribution is 5.59. The highest BCUT2D eigenvalue weighted by Crippen LogP contribution is 2.20. The van der Waals surface area contributed by atoms with Crippen molar-refractivity contribution in [2.24, 2.45) is 0 Å². The molecule has 70 valence electrons. The fraction of sp³-hybridized carbons (Fsp3) is 0.889. The number of hydrogen-bond donors (Lipinski definition) is 0. The Morgan fingerprint density at radius 3 is 2.33 bits per heavy atom. The molecule has 1 amide bonds. The van der Waals surface area contributed by atoms with Crippen molar-refractivity contribution in [3.05, 3.63) is 0 Å². The summed E-state index contributed by atoms with van der Waals surface area (Å²) in [5.74, 6) is 0. The molecule has 0 saturated carbocycles. The van der Waals surface area contributed by atoms with Gasteiger partial charge < -0.3 is 4.74 Å². The van der Waals surface area contributed by atoms with E-state index >= 15 is 0 Å². The van der Waals surface area contributed by atoms with E-state index in [-0.39, 0.29) is 6.09 Å². The molecule has 1 aliphatic heterocycles. The van der Waals surface area contributed by atoms with Crippen LogP contribution in [0.2, 0.25) is 0 Å². The number of amides is 1. The maximum Gasteiger partial charge on any atom is 0.516 e. The van der Waals surface area contributed by atoms with Crippen LogP contribution in [0, 0.1) is 0 Å². The van der Waals surface area contributed by atoms with Gasteiger partial charge in [0.1, 0.15) is 0 Å². The van der Waals surface area contributed by atoms with E-state index in [4.69, 9.17) is 4.74 Å². The Bertz CT molecular complexity index is 162. The van der Waals surface area contributed by atoms with Crippen LogP contribution < -0.4 is 0 Å². The van der Waals surface area contributed by atoms with Crippen LogP contribution in [0.1, 0.15) is 26.7 Å². The predicted molar refractivity (Wildman–Crippen MR) is 46.8 cm³/mol. The van der Waals surface area contributed by atoms with Crippen molar-refractivity contribution in [2.75, 3.05) is 26.2 Å². The Hall–Kier alpha value is -0.570. The van der Waals surface area contributed by atoms with Crippen LogP contribution in [0.25, 0.3) is 0 Å². The van der Waals surface area contributed by atoms with Gasteiger partial charge in [-0.15, -0.1) is 0 Å². The first-order valence-corrected chi connectivity index (χ1v) is 4.78. The summed E-state index contributed by atoms with van der Waals surface area (Å²) in [6.45, 7) is 7.23. The van der Waals surface area contributed by atoms with E-state index in [0.717, 1.165) is 32.5 Å². The number of likely N-dealkylation sites (tertiary alicyclic amines) is 1. The monoisotopic (exact) mass is 172 g/mol. The maximum absolute atomic E-state index is 11.5. The molecular weight excluding hydrogens is 154 g/mol. The van der Waals surface area contributed by atoms with Gasteiger partial charge >= 0.3 is 6.09 Å². The van der Waals surface area contributed by atoms with E-state index in [1.165, 1.54) is 0 Å². The normalized spacial score (nSPS) is 20.8. The van der Waals surface area contributed by atoms with Crippen LogP contribution in [0.3, 0.4) is 0 Å². The summed E-state index contributed by atoms with van der Waals surface area (Å²) in [4.78, 5) is 11.5. The molecular formula is C9H18NO2+. The third-order valence-electron chi connectivity index (χ3n) is 2.68. The molecule has 0 radical (unpaired) electrons. The lowest BCUT2D eigenvalue weighted by atomic mass is 10.4. The lowest BCUT2D eigenvalue weighted by Gasteiger charge is -2.27. The van der Waals surface area contributed by atoms with Gasteiger partial charge in [0.25, 0.3) is 0 Å². The van der Waals surface area contributed by atoms with Gasteiger partial charge in [0, 0.05) is 12.8 Å². The van der Waals surface area contributed by atoms with Gasteiger partial charge in [-0.05, 0) is 13.8 Å². The third kappa shape index (κ3) is 1.61. The number of carbonyl (C=O) groups excluding carboxylic acids is 1. The molecule has 1 saturated heterocycles. The first-order valence-electron chi connectivity index (χ1n) is 4.78. The van der Waals surface area contributed by atoms with Crippen molar-refractivity contribution in [3.8, 4) is 0 Å². The van der Waals surface area contributed by atoms with Crippen molar-refractivity contribution < 1.29 is 14.0 Å². The van der Waals surface area contributed by atoms with Gasteiger partial charge in [-0.1, -0.05) is 0 Å². The fourth-order valence-electron chi connectivity index (χ4n) is 1.83. The van der Waals surface area contributed by atoms with Crippen molar-refractivity contribution >= 4 is 6.09 Å². The largest absolute Gasteiger partial charge is 0.516 e. The van der Waals surface area contributed by atoms with Crippen LogP contribution >= 0.6 is 0 Å². The predicted octanol–water partition coefficient (Wildman–Crippen LogP) is 1.77. The Morgan fingerprint density at radius 2 is 1.92 bits per heavy atom. The van der Waals surface area contributed by atoms with E-state index in [2.05, 4.69) is 6.92 Å². The first kappa shape index (κ1) is 9.52. The molecule has 3 heteroatoms. The van der Waals surface area contributed by atoms with Gasteiger partial charge in [-0.3, -0.25) is 0 Å². The fourth-order valence-corrected chi connectivity index (χ4v) is 1.83. The molecule has 0 aromatic carbocycles. The van der Waals surface area contributed by atoms with E-state index in [9.17, 15) is 4.79 Å². The second-order valence-corrected chi connectivity index (χ2v) is 3.31. The molecule has 0 unspecified atom stereocenters. The molecule has 1 aliphatic rings. The summed E-state index contributed by atoms with van der Waals surface area (Å²) in [5, 5.41) is 0. The van der Waals surface area contributed by atoms with E-state index < -0.39 is 0 Å². The molecule has 0 spiro atoms. The number of carbonyl (C=O) groups is 1. The zero-order valence-electron chi connectivity index (χ0n) is 8.01. The van der Waals surface area contributed by atoms with Crippen LogP contribution in [0.15, 0.2) is 0 Å². The summed E-state index contributed by atoms with van der Waals surface area (Å²) < 4.78 is 5.60. The maximum atomic E-state index is 11.5. The number of hydrogen-bond acceptors (Lipinski definition) is 2. The molecule has 1 rings (SSSR count). The molecule has 1 heterocycles. The van der Waals surface area contributed by atoms with Crippen LogP contribution in [-0.4, -0.2) is 36.8 Å². The minimum absolute atomic E-state index is 0.0301. The van der Waals surface area contributed by atoms with Gasteiger partial charge in [0.15, 0.2) is 0 Å². The molecule has 0 bridgehead atoms. The minimum atomic E-state index is -0.0301. The van der Waals surface area contributed by atoms with Crippen molar-refractivity contribution in [1.82, 2.24) is 0 Å². The quantitative estimate of drug-likeness (QED) is 0.593. The second-order valence-electron chi connectivity index (χ2n) is 3.31. The Morgan fingerprint density at radius 1 is 1.33 bits per heavy atom. The molecule has 12 heavy (non-hydrogen) atoms. The smallest absolute Gasteiger partial charge is 0.420 e. The molecule has 1 fully saturated rings. The number of rotatable bonds is 2.